The van der Waals surface area contributed by atoms with E-state index < -0.39 is 39.1 Å². The Bertz CT molecular complexity index is 1040. The predicted molar refractivity (Wildman–Crippen MR) is 97.9 cm³/mol. The average Bonchev–Trinajstić information content (AvgIpc) is 3.18. The minimum atomic E-state index is -4.07. The number of hydrogen-bond donors (Lipinski definition) is 0. The van der Waals surface area contributed by atoms with Crippen LogP contribution in [-0.4, -0.2) is 28.8 Å². The molecule has 0 fully saturated rings. The zero-order chi connectivity index (χ0) is 20.7. The number of sulfone groups is 1. The average molecular weight is 436 g/mol. The predicted octanol–water partition coefficient (Wildman–Crippen LogP) is 4.42. The van der Waals surface area contributed by atoms with Gasteiger partial charge in [0.15, 0.2) is 14.9 Å². The van der Waals surface area contributed by atoms with Crippen molar-refractivity contribution >= 4 is 26.5 Å². The Morgan fingerprint density at radius 2 is 2.11 bits per heavy atom. The summed E-state index contributed by atoms with van der Waals surface area (Å²) < 4.78 is 66.8. The molecule has 1 atom stereocenters. The smallest absolute Gasteiger partial charge is 0.282 e. The third-order valence-electron chi connectivity index (χ3n) is 4.55. The molecule has 0 aliphatic carbocycles. The van der Waals surface area contributed by atoms with E-state index in [0.29, 0.717) is 6.42 Å². The van der Waals surface area contributed by atoms with Crippen molar-refractivity contribution in [2.24, 2.45) is 5.16 Å². The van der Waals surface area contributed by atoms with E-state index in [0.717, 1.165) is 10.7 Å². The summed E-state index contributed by atoms with van der Waals surface area (Å²) in [7, 11) is -4.07. The van der Waals surface area contributed by atoms with Crippen LogP contribution < -0.4 is 0 Å². The highest BCUT2D eigenvalue weighted by atomic mass is 35.5. The van der Waals surface area contributed by atoms with Crippen molar-refractivity contribution < 1.29 is 26.4 Å². The maximum absolute atomic E-state index is 13.5. The fraction of sp³-hybridized carbons (Fsp3) is 0.412. The first-order valence-corrected chi connectivity index (χ1v) is 10.4. The largest absolute Gasteiger partial charge is 0.388 e. The number of aromatic nitrogens is 2. The first-order valence-electron chi connectivity index (χ1n) is 8.35. The van der Waals surface area contributed by atoms with Gasteiger partial charge in [0.25, 0.3) is 6.43 Å². The molecule has 1 aromatic carbocycles. The number of oxime groups is 1. The van der Waals surface area contributed by atoms with E-state index in [1.54, 1.807) is 6.92 Å². The first-order chi connectivity index (χ1) is 13.1. The van der Waals surface area contributed by atoms with Gasteiger partial charge in [0.05, 0.1) is 11.4 Å². The molecule has 6 nitrogen and oxygen atoms in total. The number of benzene rings is 1. The van der Waals surface area contributed by atoms with E-state index in [9.17, 15) is 21.6 Å². The zero-order valence-electron chi connectivity index (χ0n) is 15.0. The highest BCUT2D eigenvalue weighted by Crippen LogP contribution is 2.34. The minimum Gasteiger partial charge on any atom is -0.388 e. The molecular weight excluding hydrogens is 419 g/mol. The molecule has 0 amide bonds. The van der Waals surface area contributed by atoms with Crippen LogP contribution in [0.25, 0.3) is 5.69 Å². The lowest BCUT2D eigenvalue weighted by atomic mass is 10.0. The summed E-state index contributed by atoms with van der Waals surface area (Å²) in [6.45, 7) is 3.53. The lowest BCUT2D eigenvalue weighted by Gasteiger charge is -2.18. The summed E-state index contributed by atoms with van der Waals surface area (Å²) in [5, 5.41) is 6.78. The van der Waals surface area contributed by atoms with Gasteiger partial charge in [-0.05, 0) is 31.5 Å². The molecular formula is C17H17ClF3N3O3S. The standard InChI is InChI=1S/C17H17ClF3N3O3S/c1-3-17(2)8-13(23-27-17)28(25,26)9-12-14(16(20)21)22-24(15(12)18)11-6-4-5-10(19)7-11/h4-7,16H,3,8-9H2,1-2H3. The number of alkyl halides is 2. The summed E-state index contributed by atoms with van der Waals surface area (Å²) in [5.74, 6) is -1.43. The van der Waals surface area contributed by atoms with Crippen molar-refractivity contribution in [3.8, 4) is 5.69 Å². The van der Waals surface area contributed by atoms with Crippen molar-refractivity contribution in [1.82, 2.24) is 9.78 Å². The molecule has 1 aliphatic heterocycles. The molecule has 0 spiro atoms. The van der Waals surface area contributed by atoms with Crippen LogP contribution in [0.5, 0.6) is 0 Å². The lowest BCUT2D eigenvalue weighted by Crippen LogP contribution is -2.26. The second-order valence-electron chi connectivity index (χ2n) is 6.66. The van der Waals surface area contributed by atoms with Crippen LogP contribution in [0.2, 0.25) is 5.15 Å². The van der Waals surface area contributed by atoms with Crippen LogP contribution >= 0.6 is 11.6 Å². The molecule has 0 saturated heterocycles. The van der Waals surface area contributed by atoms with Crippen molar-refractivity contribution in [3.05, 3.63) is 46.5 Å². The molecule has 2 aromatic rings. The van der Waals surface area contributed by atoms with E-state index in [4.69, 9.17) is 16.4 Å². The summed E-state index contributed by atoms with van der Waals surface area (Å²) in [6, 6.07) is 4.99. The number of rotatable bonds is 5. The van der Waals surface area contributed by atoms with Gasteiger partial charge in [-0.15, -0.1) is 0 Å². The van der Waals surface area contributed by atoms with Gasteiger partial charge in [-0.1, -0.05) is 29.7 Å². The Labute approximate surface area is 164 Å². The fourth-order valence-electron chi connectivity index (χ4n) is 2.71. The van der Waals surface area contributed by atoms with Crippen LogP contribution in [-0.2, 0) is 20.4 Å². The van der Waals surface area contributed by atoms with Crippen molar-refractivity contribution in [2.75, 3.05) is 0 Å². The second kappa shape index (κ2) is 7.40. The molecule has 0 bridgehead atoms. The molecule has 28 heavy (non-hydrogen) atoms. The van der Waals surface area contributed by atoms with Crippen LogP contribution in [0.1, 0.15) is 44.4 Å². The first kappa shape index (κ1) is 20.7. The monoisotopic (exact) mass is 435 g/mol. The van der Waals surface area contributed by atoms with Crippen molar-refractivity contribution in [3.63, 3.8) is 0 Å². The third kappa shape index (κ3) is 3.88. The van der Waals surface area contributed by atoms with Crippen molar-refractivity contribution in [1.29, 1.82) is 0 Å². The van der Waals surface area contributed by atoms with Gasteiger partial charge in [0.2, 0.25) is 0 Å². The number of hydrogen-bond acceptors (Lipinski definition) is 5. The quantitative estimate of drug-likeness (QED) is 0.696. The Morgan fingerprint density at radius 1 is 1.39 bits per heavy atom. The third-order valence-corrected chi connectivity index (χ3v) is 6.54. The molecule has 0 saturated carbocycles. The van der Waals surface area contributed by atoms with Gasteiger partial charge < -0.3 is 4.84 Å². The van der Waals surface area contributed by atoms with Gasteiger partial charge in [0.1, 0.15) is 22.3 Å². The zero-order valence-corrected chi connectivity index (χ0v) is 16.6. The van der Waals surface area contributed by atoms with Gasteiger partial charge in [0, 0.05) is 12.0 Å². The Kier molecular flexibility index (Phi) is 5.46. The minimum absolute atomic E-state index is 0.0332. The summed E-state index contributed by atoms with van der Waals surface area (Å²) >= 11 is 6.17. The summed E-state index contributed by atoms with van der Waals surface area (Å²) in [4.78, 5) is 5.19. The highest BCUT2D eigenvalue weighted by molar-refractivity contribution is 8.05. The molecule has 3 rings (SSSR count). The van der Waals surface area contributed by atoms with E-state index in [2.05, 4.69) is 10.3 Å². The van der Waals surface area contributed by atoms with Gasteiger partial charge in [-0.2, -0.15) is 5.10 Å². The molecule has 11 heteroatoms. The number of halogens is 4. The highest BCUT2D eigenvalue weighted by Gasteiger charge is 2.39. The maximum Gasteiger partial charge on any atom is 0.282 e. The van der Waals surface area contributed by atoms with Crippen LogP contribution in [0.4, 0.5) is 13.2 Å². The number of nitrogens with zero attached hydrogens (tertiary/aromatic N) is 3. The van der Waals surface area contributed by atoms with Crippen LogP contribution in [0.3, 0.4) is 0 Å². The van der Waals surface area contributed by atoms with E-state index >= 15 is 0 Å². The molecule has 1 aromatic heterocycles. The van der Waals surface area contributed by atoms with Gasteiger partial charge in [-0.25, -0.2) is 26.3 Å². The normalized spacial score (nSPS) is 19.8. The van der Waals surface area contributed by atoms with Crippen LogP contribution in [0.15, 0.2) is 29.4 Å². The molecule has 1 unspecified atom stereocenters. The molecule has 0 N–H and O–H groups in total. The van der Waals surface area contributed by atoms with Crippen molar-refractivity contribution in [2.45, 2.75) is 44.5 Å². The Balaban J connectivity index is 2.00. The van der Waals surface area contributed by atoms with Gasteiger partial charge >= 0.3 is 0 Å². The van der Waals surface area contributed by atoms with E-state index in [1.165, 1.54) is 18.2 Å². The second-order valence-corrected chi connectivity index (χ2v) is 9.01. The molecule has 1 aliphatic rings. The molecule has 152 valence electrons. The van der Waals surface area contributed by atoms with Gasteiger partial charge in [-0.3, -0.25) is 0 Å². The fourth-order valence-corrected chi connectivity index (χ4v) is 4.59. The summed E-state index contributed by atoms with van der Waals surface area (Å²) in [6.07, 6.45) is -2.51. The molecule has 0 radical (unpaired) electrons. The summed E-state index contributed by atoms with van der Waals surface area (Å²) in [5.41, 5.74) is -1.80. The van der Waals surface area contributed by atoms with Crippen LogP contribution in [0, 0.1) is 5.82 Å². The van der Waals surface area contributed by atoms with E-state index in [-0.39, 0.29) is 27.9 Å². The Morgan fingerprint density at radius 3 is 2.68 bits per heavy atom. The topological polar surface area (TPSA) is 73.5 Å². The Hall–Kier alpha value is -2.07. The lowest BCUT2D eigenvalue weighted by molar-refractivity contribution is -0.00605. The molecule has 2 heterocycles. The SMILES string of the molecule is CCC1(C)CC(S(=O)(=O)Cc2c(C(F)F)nn(-c3cccc(F)c3)c2Cl)=NO1. The maximum atomic E-state index is 13.5. The van der Waals surface area contributed by atoms with E-state index in [1.807, 2.05) is 6.92 Å².